The summed E-state index contributed by atoms with van der Waals surface area (Å²) in [7, 11) is 0. The molecule has 0 saturated carbocycles. The second-order valence-electron chi connectivity index (χ2n) is 5.54. The number of phenolic OH excluding ortho intramolecular Hbond substituents is 1. The molecule has 1 amide bonds. The third-order valence-electron chi connectivity index (χ3n) is 3.88. The minimum Gasteiger partial charge on any atom is -0.508 e. The number of phenols is 1. The van der Waals surface area contributed by atoms with Crippen LogP contribution >= 0.6 is 0 Å². The number of nitrogens with zero attached hydrogens (tertiary/aromatic N) is 4. The molecule has 2 aromatic rings. The van der Waals surface area contributed by atoms with E-state index in [-0.39, 0.29) is 23.8 Å². The van der Waals surface area contributed by atoms with Gasteiger partial charge in [0.05, 0.1) is 5.56 Å². The largest absolute Gasteiger partial charge is 0.508 e. The Hall–Kier alpha value is -3.16. The predicted molar refractivity (Wildman–Crippen MR) is 89.2 cm³/mol. The first-order valence-corrected chi connectivity index (χ1v) is 7.89. The lowest BCUT2D eigenvalue weighted by Crippen LogP contribution is -2.50. The average molecular weight is 342 g/mol. The summed E-state index contributed by atoms with van der Waals surface area (Å²) in [5.74, 6) is -0.271. The SMILES string of the molecule is O=C(OCC(=O)N1CCN(c2ncccn2)CC1)c1cccc(O)c1. The number of rotatable bonds is 4. The van der Waals surface area contributed by atoms with Crippen LogP contribution in [0.3, 0.4) is 0 Å². The molecule has 1 aliphatic heterocycles. The third-order valence-corrected chi connectivity index (χ3v) is 3.88. The van der Waals surface area contributed by atoms with E-state index in [2.05, 4.69) is 9.97 Å². The minimum atomic E-state index is -0.638. The van der Waals surface area contributed by atoms with Crippen LogP contribution in [0.5, 0.6) is 5.75 Å². The zero-order valence-corrected chi connectivity index (χ0v) is 13.5. The van der Waals surface area contributed by atoms with Crippen LogP contribution in [0.25, 0.3) is 0 Å². The molecule has 0 unspecified atom stereocenters. The highest BCUT2D eigenvalue weighted by molar-refractivity contribution is 5.91. The first kappa shape index (κ1) is 16.7. The number of carbonyl (C=O) groups is 2. The molecule has 2 heterocycles. The van der Waals surface area contributed by atoms with Crippen molar-refractivity contribution in [3.05, 3.63) is 48.3 Å². The Morgan fingerprint density at radius 1 is 1.08 bits per heavy atom. The van der Waals surface area contributed by atoms with Gasteiger partial charge in [-0.25, -0.2) is 14.8 Å². The molecule has 0 bridgehead atoms. The molecule has 1 aromatic heterocycles. The fourth-order valence-electron chi connectivity index (χ4n) is 2.55. The molecule has 1 N–H and O–H groups in total. The molecule has 3 rings (SSSR count). The quantitative estimate of drug-likeness (QED) is 0.817. The summed E-state index contributed by atoms with van der Waals surface area (Å²) in [6.07, 6.45) is 3.36. The zero-order valence-electron chi connectivity index (χ0n) is 13.5. The molecule has 25 heavy (non-hydrogen) atoms. The number of aromatic nitrogens is 2. The standard InChI is InChI=1S/C17H18N4O4/c22-14-4-1-3-13(11-14)16(24)25-12-15(23)20-7-9-21(10-8-20)17-18-5-2-6-19-17/h1-6,11,22H,7-10,12H2. The number of ether oxygens (including phenoxy) is 1. The fourth-order valence-corrected chi connectivity index (χ4v) is 2.55. The van der Waals surface area contributed by atoms with Crippen LogP contribution in [0.15, 0.2) is 42.7 Å². The van der Waals surface area contributed by atoms with Crippen LogP contribution < -0.4 is 4.90 Å². The Morgan fingerprint density at radius 3 is 2.48 bits per heavy atom. The van der Waals surface area contributed by atoms with Crippen molar-refractivity contribution in [3.63, 3.8) is 0 Å². The number of piperazine rings is 1. The van der Waals surface area contributed by atoms with E-state index in [4.69, 9.17) is 4.74 Å². The number of esters is 1. The first-order chi connectivity index (χ1) is 12.1. The smallest absolute Gasteiger partial charge is 0.338 e. The van der Waals surface area contributed by atoms with Gasteiger partial charge in [0.2, 0.25) is 5.95 Å². The monoisotopic (exact) mass is 342 g/mol. The van der Waals surface area contributed by atoms with E-state index in [0.717, 1.165) is 0 Å². The Balaban J connectivity index is 1.47. The maximum atomic E-state index is 12.2. The number of carbonyl (C=O) groups excluding carboxylic acids is 2. The molecule has 8 nitrogen and oxygen atoms in total. The van der Waals surface area contributed by atoms with Crippen molar-refractivity contribution in [2.45, 2.75) is 0 Å². The molecular formula is C17H18N4O4. The predicted octanol–water partition coefficient (Wildman–Crippen LogP) is 0.688. The van der Waals surface area contributed by atoms with Gasteiger partial charge in [0.1, 0.15) is 5.75 Å². The molecular weight excluding hydrogens is 324 g/mol. The summed E-state index contributed by atoms with van der Waals surface area (Å²) in [6, 6.07) is 7.57. The topological polar surface area (TPSA) is 95.9 Å². The summed E-state index contributed by atoms with van der Waals surface area (Å²) in [6.45, 7) is 1.95. The van der Waals surface area contributed by atoms with Gasteiger partial charge in [-0.2, -0.15) is 0 Å². The summed E-state index contributed by atoms with van der Waals surface area (Å²) in [4.78, 5) is 36.1. The van der Waals surface area contributed by atoms with Gasteiger partial charge in [-0.1, -0.05) is 6.07 Å². The molecule has 130 valence electrons. The number of anilines is 1. The maximum absolute atomic E-state index is 12.2. The highest BCUT2D eigenvalue weighted by Gasteiger charge is 2.23. The zero-order chi connectivity index (χ0) is 17.6. The third kappa shape index (κ3) is 4.23. The summed E-state index contributed by atoms with van der Waals surface area (Å²) < 4.78 is 5.03. The molecule has 1 fully saturated rings. The highest BCUT2D eigenvalue weighted by Crippen LogP contribution is 2.13. The van der Waals surface area contributed by atoms with Crippen LogP contribution in [-0.2, 0) is 9.53 Å². The summed E-state index contributed by atoms with van der Waals surface area (Å²) in [5, 5.41) is 9.36. The van der Waals surface area contributed by atoms with Crippen LogP contribution in [0, 0.1) is 0 Å². The second kappa shape index (κ2) is 7.61. The Labute approximate surface area is 144 Å². The summed E-state index contributed by atoms with van der Waals surface area (Å²) >= 11 is 0. The van der Waals surface area contributed by atoms with Gasteiger partial charge in [-0.3, -0.25) is 4.79 Å². The van der Waals surface area contributed by atoms with E-state index in [1.54, 1.807) is 29.4 Å². The van der Waals surface area contributed by atoms with Crippen LogP contribution in [0.4, 0.5) is 5.95 Å². The van der Waals surface area contributed by atoms with Gasteiger partial charge >= 0.3 is 5.97 Å². The van der Waals surface area contributed by atoms with E-state index >= 15 is 0 Å². The highest BCUT2D eigenvalue weighted by atomic mass is 16.5. The molecule has 0 spiro atoms. The minimum absolute atomic E-state index is 0.0278. The van der Waals surface area contributed by atoms with E-state index < -0.39 is 5.97 Å². The van der Waals surface area contributed by atoms with Gasteiger partial charge in [0, 0.05) is 38.6 Å². The van der Waals surface area contributed by atoms with Crippen molar-refractivity contribution in [1.82, 2.24) is 14.9 Å². The lowest BCUT2D eigenvalue weighted by Gasteiger charge is -2.34. The van der Waals surface area contributed by atoms with E-state index in [9.17, 15) is 14.7 Å². The second-order valence-corrected chi connectivity index (χ2v) is 5.54. The molecule has 8 heteroatoms. The van der Waals surface area contributed by atoms with Crippen molar-refractivity contribution in [3.8, 4) is 5.75 Å². The van der Waals surface area contributed by atoms with E-state index in [0.29, 0.717) is 32.1 Å². The van der Waals surface area contributed by atoms with Gasteiger partial charge < -0.3 is 19.6 Å². The molecule has 1 aliphatic rings. The Kier molecular flexibility index (Phi) is 5.08. The molecule has 0 radical (unpaired) electrons. The van der Waals surface area contributed by atoms with Crippen LogP contribution in [-0.4, -0.2) is 64.6 Å². The van der Waals surface area contributed by atoms with Gasteiger partial charge in [-0.05, 0) is 24.3 Å². The van der Waals surface area contributed by atoms with Gasteiger partial charge in [0.25, 0.3) is 5.91 Å². The van der Waals surface area contributed by atoms with Crippen molar-refractivity contribution >= 4 is 17.8 Å². The maximum Gasteiger partial charge on any atom is 0.338 e. The van der Waals surface area contributed by atoms with Crippen molar-refractivity contribution < 1.29 is 19.4 Å². The fraction of sp³-hybridized carbons (Fsp3) is 0.294. The normalized spacial score (nSPS) is 14.2. The van der Waals surface area contributed by atoms with Crippen LogP contribution in [0.2, 0.25) is 0 Å². The number of benzene rings is 1. The van der Waals surface area contributed by atoms with Crippen molar-refractivity contribution in [2.75, 3.05) is 37.7 Å². The number of hydrogen-bond donors (Lipinski definition) is 1. The number of amides is 1. The van der Waals surface area contributed by atoms with Crippen molar-refractivity contribution in [2.24, 2.45) is 0 Å². The lowest BCUT2D eigenvalue weighted by atomic mass is 10.2. The Morgan fingerprint density at radius 2 is 1.80 bits per heavy atom. The molecule has 0 atom stereocenters. The molecule has 0 aliphatic carbocycles. The van der Waals surface area contributed by atoms with Crippen LogP contribution in [0.1, 0.15) is 10.4 Å². The lowest BCUT2D eigenvalue weighted by molar-refractivity contribution is -0.134. The van der Waals surface area contributed by atoms with Gasteiger partial charge in [-0.15, -0.1) is 0 Å². The van der Waals surface area contributed by atoms with E-state index in [1.807, 2.05) is 4.90 Å². The van der Waals surface area contributed by atoms with Gasteiger partial charge in [0.15, 0.2) is 6.61 Å². The van der Waals surface area contributed by atoms with Crippen molar-refractivity contribution in [1.29, 1.82) is 0 Å². The summed E-state index contributed by atoms with van der Waals surface area (Å²) in [5.41, 5.74) is 0.207. The average Bonchev–Trinajstić information content (AvgIpc) is 2.66. The first-order valence-electron chi connectivity index (χ1n) is 7.89. The number of hydrogen-bond acceptors (Lipinski definition) is 7. The van der Waals surface area contributed by atoms with E-state index in [1.165, 1.54) is 18.2 Å². The number of aromatic hydroxyl groups is 1. The Bertz CT molecular complexity index is 745. The molecule has 1 aromatic carbocycles. The molecule has 1 saturated heterocycles.